The molecular formula is C15H11ClFN5O3S. The van der Waals surface area contributed by atoms with Gasteiger partial charge in [-0.3, -0.25) is 4.79 Å². The molecule has 0 aliphatic carbocycles. The quantitative estimate of drug-likeness (QED) is 0.643. The molecule has 1 N–H and O–H groups in total. The lowest BCUT2D eigenvalue weighted by molar-refractivity contribution is -0.148. The Balaban J connectivity index is 1.48. The first kappa shape index (κ1) is 18.0. The number of benzene rings is 1. The third-order valence-electron chi connectivity index (χ3n) is 3.07. The minimum Gasteiger partial charge on any atom is -0.454 e. The molecule has 0 saturated carbocycles. The van der Waals surface area contributed by atoms with Gasteiger partial charge in [0, 0.05) is 16.0 Å². The van der Waals surface area contributed by atoms with E-state index in [9.17, 15) is 14.0 Å². The lowest BCUT2D eigenvalue weighted by Gasteiger charge is -2.07. The number of carbonyl (C=O) groups excluding carboxylic acids is 2. The summed E-state index contributed by atoms with van der Waals surface area (Å²) in [6.07, 6.45) is 0. The van der Waals surface area contributed by atoms with Crippen LogP contribution in [0.5, 0.6) is 0 Å². The first-order valence-electron chi connectivity index (χ1n) is 7.22. The molecule has 8 nitrogen and oxygen atoms in total. The van der Waals surface area contributed by atoms with Crippen molar-refractivity contribution in [3.63, 3.8) is 0 Å². The molecule has 0 aliphatic heterocycles. The number of carbonyl (C=O) groups is 2. The maximum absolute atomic E-state index is 13.6. The number of hydrogen-bond acceptors (Lipinski definition) is 7. The van der Waals surface area contributed by atoms with Crippen LogP contribution in [0.2, 0.25) is 5.02 Å². The van der Waals surface area contributed by atoms with Crippen LogP contribution in [0, 0.1) is 5.82 Å². The minimum atomic E-state index is -0.731. The molecule has 2 aromatic heterocycles. The van der Waals surface area contributed by atoms with Crippen LogP contribution in [-0.2, 0) is 20.9 Å². The standard InChI is InChI=1S/C15H11ClFN5O3S/c16-10-1-2-12(11(17)5-10)18-13(23)7-25-14(24)6-22-20-15(19-21-22)9-3-4-26-8-9/h1-5,8H,6-7H2,(H,18,23). The largest absolute Gasteiger partial charge is 0.454 e. The van der Waals surface area contributed by atoms with Crippen molar-refractivity contribution in [3.8, 4) is 11.4 Å². The van der Waals surface area contributed by atoms with Gasteiger partial charge in [0.1, 0.15) is 5.82 Å². The molecule has 1 amide bonds. The van der Waals surface area contributed by atoms with Gasteiger partial charge in [-0.2, -0.15) is 16.1 Å². The van der Waals surface area contributed by atoms with E-state index in [4.69, 9.17) is 16.3 Å². The van der Waals surface area contributed by atoms with Crippen LogP contribution >= 0.6 is 22.9 Å². The topological polar surface area (TPSA) is 99.0 Å². The van der Waals surface area contributed by atoms with Crippen molar-refractivity contribution in [2.24, 2.45) is 0 Å². The molecule has 2 heterocycles. The SMILES string of the molecule is O=C(COC(=O)Cn1nnc(-c2ccsc2)n1)Nc1ccc(Cl)cc1F. The van der Waals surface area contributed by atoms with Gasteiger partial charge in [-0.05, 0) is 34.9 Å². The summed E-state index contributed by atoms with van der Waals surface area (Å²) in [6, 6.07) is 5.62. The summed E-state index contributed by atoms with van der Waals surface area (Å²) in [4.78, 5) is 24.5. The van der Waals surface area contributed by atoms with Gasteiger partial charge < -0.3 is 10.1 Å². The van der Waals surface area contributed by atoms with Gasteiger partial charge in [-0.1, -0.05) is 11.6 Å². The number of hydrogen-bond donors (Lipinski definition) is 1. The average Bonchev–Trinajstić information content (AvgIpc) is 3.27. The van der Waals surface area contributed by atoms with Gasteiger partial charge in [-0.15, -0.1) is 10.2 Å². The second-order valence-electron chi connectivity index (χ2n) is 4.99. The predicted octanol–water partition coefficient (Wildman–Crippen LogP) is 2.38. The Morgan fingerprint density at radius 2 is 2.19 bits per heavy atom. The number of nitrogens with zero attached hydrogens (tertiary/aromatic N) is 4. The molecule has 0 unspecified atom stereocenters. The van der Waals surface area contributed by atoms with E-state index in [1.54, 1.807) is 0 Å². The van der Waals surface area contributed by atoms with Crippen molar-refractivity contribution in [2.45, 2.75) is 6.54 Å². The second-order valence-corrected chi connectivity index (χ2v) is 6.20. The number of anilines is 1. The number of esters is 1. The fraction of sp³-hybridized carbons (Fsp3) is 0.133. The van der Waals surface area contributed by atoms with Gasteiger partial charge in [0.15, 0.2) is 13.2 Å². The van der Waals surface area contributed by atoms with E-state index in [1.807, 2.05) is 16.8 Å². The van der Waals surface area contributed by atoms with E-state index in [0.29, 0.717) is 5.82 Å². The highest BCUT2D eigenvalue weighted by Gasteiger charge is 2.13. The van der Waals surface area contributed by atoms with Gasteiger partial charge in [0.2, 0.25) is 5.82 Å². The monoisotopic (exact) mass is 395 g/mol. The van der Waals surface area contributed by atoms with Crippen molar-refractivity contribution in [3.05, 3.63) is 45.9 Å². The van der Waals surface area contributed by atoms with Crippen molar-refractivity contribution in [2.75, 3.05) is 11.9 Å². The molecular weight excluding hydrogens is 385 g/mol. The summed E-state index contributed by atoms with van der Waals surface area (Å²) >= 11 is 7.11. The molecule has 0 spiro atoms. The number of nitrogens with one attached hydrogen (secondary N) is 1. The van der Waals surface area contributed by atoms with E-state index >= 15 is 0 Å². The smallest absolute Gasteiger partial charge is 0.330 e. The first-order valence-corrected chi connectivity index (χ1v) is 8.54. The Hall–Kier alpha value is -2.85. The number of amides is 1. The van der Waals surface area contributed by atoms with Crippen LogP contribution in [0.25, 0.3) is 11.4 Å². The van der Waals surface area contributed by atoms with Crippen molar-refractivity contribution in [1.29, 1.82) is 0 Å². The Labute approximate surface area is 155 Å². The predicted molar refractivity (Wildman–Crippen MR) is 92.1 cm³/mol. The molecule has 0 atom stereocenters. The molecule has 3 rings (SSSR count). The third kappa shape index (κ3) is 4.61. The Kier molecular flexibility index (Phi) is 5.54. The molecule has 1 aromatic carbocycles. The lowest BCUT2D eigenvalue weighted by Crippen LogP contribution is -2.24. The van der Waals surface area contributed by atoms with Crippen LogP contribution in [0.1, 0.15) is 0 Å². The second kappa shape index (κ2) is 8.02. The minimum absolute atomic E-state index is 0.0613. The summed E-state index contributed by atoms with van der Waals surface area (Å²) in [7, 11) is 0. The Morgan fingerprint density at radius 1 is 1.35 bits per heavy atom. The Bertz CT molecular complexity index is 931. The number of tetrazole rings is 1. The summed E-state index contributed by atoms with van der Waals surface area (Å²) in [6.45, 7) is -0.882. The molecule has 134 valence electrons. The number of thiophene rings is 1. The fourth-order valence-electron chi connectivity index (χ4n) is 1.90. The van der Waals surface area contributed by atoms with Crippen LogP contribution in [0.15, 0.2) is 35.0 Å². The van der Waals surface area contributed by atoms with Gasteiger partial charge in [0.25, 0.3) is 5.91 Å². The highest BCUT2D eigenvalue weighted by atomic mass is 35.5. The zero-order valence-electron chi connectivity index (χ0n) is 13.1. The number of halogens is 2. The molecule has 3 aromatic rings. The van der Waals surface area contributed by atoms with E-state index in [2.05, 4.69) is 20.7 Å². The van der Waals surface area contributed by atoms with Crippen LogP contribution in [-0.4, -0.2) is 38.7 Å². The fourth-order valence-corrected chi connectivity index (χ4v) is 2.69. The van der Waals surface area contributed by atoms with Gasteiger partial charge in [0.05, 0.1) is 5.69 Å². The summed E-state index contributed by atoms with van der Waals surface area (Å²) < 4.78 is 18.4. The molecule has 26 heavy (non-hydrogen) atoms. The van der Waals surface area contributed by atoms with E-state index in [1.165, 1.54) is 23.5 Å². The lowest BCUT2D eigenvalue weighted by atomic mass is 10.3. The number of aromatic nitrogens is 4. The zero-order chi connectivity index (χ0) is 18.5. The van der Waals surface area contributed by atoms with Crippen LogP contribution < -0.4 is 5.32 Å². The third-order valence-corrected chi connectivity index (χ3v) is 3.99. The highest BCUT2D eigenvalue weighted by molar-refractivity contribution is 7.08. The van der Waals surface area contributed by atoms with Crippen molar-refractivity contribution >= 4 is 40.5 Å². The van der Waals surface area contributed by atoms with E-state index in [0.717, 1.165) is 16.4 Å². The van der Waals surface area contributed by atoms with Crippen molar-refractivity contribution in [1.82, 2.24) is 20.2 Å². The molecule has 0 fully saturated rings. The first-order chi connectivity index (χ1) is 12.5. The van der Waals surface area contributed by atoms with Gasteiger partial charge in [-0.25, -0.2) is 9.18 Å². The zero-order valence-corrected chi connectivity index (χ0v) is 14.6. The highest BCUT2D eigenvalue weighted by Crippen LogP contribution is 2.19. The number of ether oxygens (including phenoxy) is 1. The average molecular weight is 396 g/mol. The van der Waals surface area contributed by atoms with E-state index < -0.39 is 24.3 Å². The number of rotatable bonds is 6. The molecule has 0 aliphatic rings. The maximum Gasteiger partial charge on any atom is 0.330 e. The molecule has 11 heteroatoms. The molecule has 0 bridgehead atoms. The Morgan fingerprint density at radius 3 is 2.92 bits per heavy atom. The summed E-state index contributed by atoms with van der Waals surface area (Å²) in [5, 5.41) is 17.8. The van der Waals surface area contributed by atoms with Crippen LogP contribution in [0.4, 0.5) is 10.1 Å². The summed E-state index contributed by atoms with van der Waals surface area (Å²) in [5.74, 6) is -1.73. The normalized spacial score (nSPS) is 10.5. The van der Waals surface area contributed by atoms with Gasteiger partial charge >= 0.3 is 5.97 Å². The van der Waals surface area contributed by atoms with Crippen molar-refractivity contribution < 1.29 is 18.7 Å². The molecule has 0 radical (unpaired) electrons. The molecule has 0 saturated heterocycles. The van der Waals surface area contributed by atoms with E-state index in [-0.39, 0.29) is 17.3 Å². The van der Waals surface area contributed by atoms with Crippen LogP contribution in [0.3, 0.4) is 0 Å². The maximum atomic E-state index is 13.6. The summed E-state index contributed by atoms with van der Waals surface area (Å²) in [5.41, 5.74) is 0.729.